The SMILES string of the molecule is C=CCNC(=O)C(=O)C(CCC1CC1)NC(=O)[C@@H]1C[C@@H](C(C)C)CN1C(=O)[C@@H](NC(=O)NC1(CS(=O)(=O)C(C)(C)COC)CCCCC1)C1(C)CCCCC1. The fourth-order valence-corrected chi connectivity index (χ4v) is 10.7. The minimum absolute atomic E-state index is 0.00369. The highest BCUT2D eigenvalue weighted by Crippen LogP contribution is 2.41. The third kappa shape index (κ3) is 11.5. The van der Waals surface area contributed by atoms with Crippen LogP contribution in [-0.2, 0) is 33.8 Å². The molecule has 3 saturated carbocycles. The van der Waals surface area contributed by atoms with Gasteiger partial charge in [0.2, 0.25) is 17.6 Å². The Balaban J connectivity index is 1.61. The Morgan fingerprint density at radius 1 is 0.964 bits per heavy atom. The maximum absolute atomic E-state index is 15.0. The van der Waals surface area contributed by atoms with Gasteiger partial charge in [0.15, 0.2) is 9.84 Å². The lowest BCUT2D eigenvalue weighted by Gasteiger charge is -2.44. The monoisotopic (exact) mass is 791 g/mol. The maximum atomic E-state index is 15.0. The molecule has 0 bridgehead atoms. The van der Waals surface area contributed by atoms with Gasteiger partial charge in [0.25, 0.3) is 5.91 Å². The maximum Gasteiger partial charge on any atom is 0.315 e. The molecule has 0 radical (unpaired) electrons. The number of sulfone groups is 1. The molecule has 0 spiro atoms. The van der Waals surface area contributed by atoms with Crippen LogP contribution in [0.2, 0.25) is 0 Å². The molecule has 4 rings (SSSR count). The van der Waals surface area contributed by atoms with Gasteiger partial charge in [0.05, 0.1) is 28.7 Å². The molecule has 3 aliphatic carbocycles. The van der Waals surface area contributed by atoms with Crippen molar-refractivity contribution in [1.82, 2.24) is 26.2 Å². The largest absolute Gasteiger partial charge is 0.383 e. The van der Waals surface area contributed by atoms with Crippen molar-refractivity contribution in [3.05, 3.63) is 12.7 Å². The summed E-state index contributed by atoms with van der Waals surface area (Å²) >= 11 is 0. The van der Waals surface area contributed by atoms with Crippen LogP contribution in [0.4, 0.5) is 4.79 Å². The highest BCUT2D eigenvalue weighted by Gasteiger charge is 2.50. The molecule has 5 amide bonds. The first kappa shape index (κ1) is 44.7. The van der Waals surface area contributed by atoms with Crippen LogP contribution in [0, 0.1) is 23.2 Å². The predicted octanol–water partition coefficient (Wildman–Crippen LogP) is 4.59. The van der Waals surface area contributed by atoms with Crippen molar-refractivity contribution in [3.63, 3.8) is 0 Å². The normalized spacial score (nSPS) is 23.7. The van der Waals surface area contributed by atoms with Crippen LogP contribution in [-0.4, -0.2) is 104 Å². The first-order chi connectivity index (χ1) is 25.9. The zero-order valence-electron chi connectivity index (χ0n) is 34.3. The van der Waals surface area contributed by atoms with E-state index in [1.807, 2.05) is 6.92 Å². The zero-order valence-corrected chi connectivity index (χ0v) is 35.1. The molecular weight excluding hydrogens is 723 g/mol. The van der Waals surface area contributed by atoms with E-state index < -0.39 is 67.3 Å². The first-order valence-corrected chi connectivity index (χ1v) is 22.4. The highest BCUT2D eigenvalue weighted by atomic mass is 32.2. The number of hydrogen-bond donors (Lipinski definition) is 4. The molecule has 1 unspecified atom stereocenters. The quantitative estimate of drug-likeness (QED) is 0.108. The van der Waals surface area contributed by atoms with Crippen molar-refractivity contribution >= 4 is 39.4 Å². The van der Waals surface area contributed by atoms with Crippen LogP contribution in [0.5, 0.6) is 0 Å². The van der Waals surface area contributed by atoms with Crippen molar-refractivity contribution in [2.24, 2.45) is 23.2 Å². The van der Waals surface area contributed by atoms with E-state index in [-0.39, 0.29) is 36.6 Å². The standard InChI is InChI=1S/C41H69N5O8S/c1-8-23-42-36(49)33(47)31(18-17-29-15-16-29)43-35(48)32-24-30(28(2)3)25-46(32)37(50)34(40(6)19-11-9-12-20-40)44-38(51)45-41(21-13-10-14-22-41)27-55(52,53)39(4,5)26-54-7/h8,28-32,34H,1,9-27H2,2-7H3,(H,42,49)(H,43,48)(H2,44,45,51)/t30-,31?,32+,34-/m1/s1. The molecule has 55 heavy (non-hydrogen) atoms. The fourth-order valence-electron chi connectivity index (χ4n) is 8.89. The average molecular weight is 792 g/mol. The Morgan fingerprint density at radius 3 is 2.15 bits per heavy atom. The number of Topliss-reactive ketones (excluding diaryl/α,β-unsaturated/α-hetero) is 1. The van der Waals surface area contributed by atoms with Gasteiger partial charge in [0, 0.05) is 20.2 Å². The van der Waals surface area contributed by atoms with E-state index in [4.69, 9.17) is 4.74 Å². The van der Waals surface area contributed by atoms with Crippen LogP contribution in [0.15, 0.2) is 12.7 Å². The smallest absolute Gasteiger partial charge is 0.315 e. The molecule has 4 aliphatic rings. The molecule has 312 valence electrons. The summed E-state index contributed by atoms with van der Waals surface area (Å²) in [6, 6.07) is -3.50. The number of urea groups is 1. The van der Waals surface area contributed by atoms with Crippen molar-refractivity contribution in [1.29, 1.82) is 0 Å². The predicted molar refractivity (Wildman–Crippen MR) is 213 cm³/mol. The Bertz CT molecular complexity index is 1500. The number of carbonyl (C=O) groups excluding carboxylic acids is 5. The van der Waals surface area contributed by atoms with Crippen molar-refractivity contribution < 1.29 is 37.1 Å². The van der Waals surface area contributed by atoms with Crippen molar-refractivity contribution in [3.8, 4) is 0 Å². The summed E-state index contributed by atoms with van der Waals surface area (Å²) in [5.74, 6) is -1.97. The fraction of sp³-hybridized carbons (Fsp3) is 0.829. The second-order valence-corrected chi connectivity index (χ2v) is 20.9. The number of ether oxygens (including phenoxy) is 1. The van der Waals surface area contributed by atoms with E-state index in [1.54, 1.807) is 18.7 Å². The topological polar surface area (TPSA) is 180 Å². The molecule has 1 aliphatic heterocycles. The third-order valence-corrected chi connectivity index (χ3v) is 15.6. The Hall–Kier alpha value is -3.00. The molecule has 4 atom stereocenters. The Labute approximate surface area is 329 Å². The summed E-state index contributed by atoms with van der Waals surface area (Å²) in [6.45, 7) is 13.4. The minimum Gasteiger partial charge on any atom is -0.383 e. The Kier molecular flexibility index (Phi) is 15.4. The molecule has 13 nitrogen and oxygen atoms in total. The summed E-state index contributed by atoms with van der Waals surface area (Å²) < 4.78 is 31.6. The molecule has 0 aromatic carbocycles. The van der Waals surface area contributed by atoms with Gasteiger partial charge in [-0.3, -0.25) is 19.2 Å². The zero-order chi connectivity index (χ0) is 40.6. The number of ketones is 1. The Morgan fingerprint density at radius 2 is 1.58 bits per heavy atom. The average Bonchev–Trinajstić information content (AvgIpc) is 3.85. The number of methoxy groups -OCH3 is 1. The van der Waals surface area contributed by atoms with Gasteiger partial charge < -0.3 is 30.9 Å². The summed E-state index contributed by atoms with van der Waals surface area (Å²) in [5, 5.41) is 11.6. The molecule has 14 heteroatoms. The van der Waals surface area contributed by atoms with E-state index >= 15 is 0 Å². The number of likely N-dealkylation sites (tertiary alicyclic amines) is 1. The number of carbonyl (C=O) groups is 5. The molecule has 0 aromatic rings. The van der Waals surface area contributed by atoms with Gasteiger partial charge in [-0.15, -0.1) is 6.58 Å². The van der Waals surface area contributed by atoms with E-state index in [2.05, 4.69) is 41.7 Å². The van der Waals surface area contributed by atoms with Crippen LogP contribution >= 0.6 is 0 Å². The first-order valence-electron chi connectivity index (χ1n) is 20.7. The van der Waals surface area contributed by atoms with Crippen molar-refractivity contribution in [2.75, 3.05) is 32.6 Å². The minimum atomic E-state index is -3.72. The van der Waals surface area contributed by atoms with E-state index in [0.717, 1.165) is 51.4 Å². The second-order valence-electron chi connectivity index (χ2n) is 18.2. The van der Waals surface area contributed by atoms with Gasteiger partial charge in [-0.2, -0.15) is 0 Å². The molecule has 1 saturated heterocycles. The van der Waals surface area contributed by atoms with Gasteiger partial charge in [-0.05, 0) is 82.0 Å². The molecule has 1 heterocycles. The van der Waals surface area contributed by atoms with Crippen LogP contribution in [0.3, 0.4) is 0 Å². The van der Waals surface area contributed by atoms with Crippen molar-refractivity contribution in [2.45, 2.75) is 159 Å². The lowest BCUT2D eigenvalue weighted by atomic mass is 9.70. The van der Waals surface area contributed by atoms with Gasteiger partial charge in [-0.1, -0.05) is 78.2 Å². The van der Waals surface area contributed by atoms with Gasteiger partial charge in [0.1, 0.15) is 12.1 Å². The number of rotatable bonds is 19. The lowest BCUT2D eigenvalue weighted by Crippen LogP contribution is -2.64. The third-order valence-electron chi connectivity index (χ3n) is 12.9. The summed E-state index contributed by atoms with van der Waals surface area (Å²) in [5.41, 5.74) is -1.62. The van der Waals surface area contributed by atoms with Gasteiger partial charge >= 0.3 is 6.03 Å². The van der Waals surface area contributed by atoms with E-state index in [1.165, 1.54) is 13.2 Å². The number of hydrogen-bond acceptors (Lipinski definition) is 8. The van der Waals surface area contributed by atoms with Crippen LogP contribution < -0.4 is 21.3 Å². The lowest BCUT2D eigenvalue weighted by molar-refractivity contribution is -0.144. The van der Waals surface area contributed by atoms with E-state index in [9.17, 15) is 32.4 Å². The summed E-state index contributed by atoms with van der Waals surface area (Å²) in [7, 11) is -2.25. The summed E-state index contributed by atoms with van der Waals surface area (Å²) in [6.07, 6.45) is 12.7. The number of nitrogens with zero attached hydrogens (tertiary/aromatic N) is 1. The van der Waals surface area contributed by atoms with Crippen LogP contribution in [0.1, 0.15) is 131 Å². The van der Waals surface area contributed by atoms with Crippen LogP contribution in [0.25, 0.3) is 0 Å². The molecule has 4 fully saturated rings. The summed E-state index contributed by atoms with van der Waals surface area (Å²) in [4.78, 5) is 71.1. The van der Waals surface area contributed by atoms with E-state index in [0.29, 0.717) is 57.4 Å². The molecule has 0 aromatic heterocycles. The number of nitrogens with one attached hydrogen (secondary N) is 4. The highest BCUT2D eigenvalue weighted by molar-refractivity contribution is 7.92. The number of amides is 5. The molecular formula is C41H69N5O8S. The second kappa shape index (κ2) is 19.0. The van der Waals surface area contributed by atoms with Gasteiger partial charge in [-0.25, -0.2) is 13.2 Å². The molecule has 4 N–H and O–H groups in total.